The summed E-state index contributed by atoms with van der Waals surface area (Å²) in [5.74, 6) is 1.10. The van der Waals surface area contributed by atoms with Crippen molar-refractivity contribution in [2.75, 3.05) is 18.8 Å². The Morgan fingerprint density at radius 1 is 1.20 bits per heavy atom. The highest BCUT2D eigenvalue weighted by Crippen LogP contribution is 2.35. The number of halogens is 1. The van der Waals surface area contributed by atoms with Gasteiger partial charge in [0.2, 0.25) is 0 Å². The van der Waals surface area contributed by atoms with Gasteiger partial charge in [-0.3, -0.25) is 9.47 Å². The Hall–Kier alpha value is -3.95. The van der Waals surface area contributed by atoms with Crippen LogP contribution in [-0.4, -0.2) is 55.2 Å². The van der Waals surface area contributed by atoms with Gasteiger partial charge in [0.05, 0.1) is 17.4 Å². The summed E-state index contributed by atoms with van der Waals surface area (Å²) in [4.78, 5) is 29.2. The van der Waals surface area contributed by atoms with Crippen molar-refractivity contribution in [1.29, 1.82) is 0 Å². The molecule has 9 nitrogen and oxygen atoms in total. The number of hydrogen-bond acceptors (Lipinski definition) is 7. The third-order valence-corrected chi connectivity index (χ3v) is 7.32. The molecule has 5 rings (SSSR count). The van der Waals surface area contributed by atoms with Gasteiger partial charge in [0.25, 0.3) is 0 Å². The fourth-order valence-corrected chi connectivity index (χ4v) is 5.43. The Morgan fingerprint density at radius 2 is 1.98 bits per heavy atom. The monoisotopic (exact) mass is 573 g/mol. The number of carbonyl (C=O) groups is 1. The predicted molar refractivity (Wildman–Crippen MR) is 163 cm³/mol. The first-order chi connectivity index (χ1) is 19.6. The summed E-state index contributed by atoms with van der Waals surface area (Å²) in [6, 6.07) is 15.4. The zero-order chi connectivity index (χ0) is 29.1. The van der Waals surface area contributed by atoms with Crippen molar-refractivity contribution in [3.63, 3.8) is 0 Å². The molecule has 1 aliphatic heterocycles. The van der Waals surface area contributed by atoms with E-state index in [1.165, 1.54) is 0 Å². The number of nitrogens with one attached hydrogen (secondary N) is 1. The first-order valence-corrected chi connectivity index (χ1v) is 14.2. The summed E-state index contributed by atoms with van der Waals surface area (Å²) in [7, 11) is 0. The van der Waals surface area contributed by atoms with Gasteiger partial charge in [0.1, 0.15) is 22.8 Å². The lowest BCUT2D eigenvalue weighted by atomic mass is 10.0. The van der Waals surface area contributed by atoms with Gasteiger partial charge in [-0.15, -0.1) is 6.58 Å². The van der Waals surface area contributed by atoms with Crippen LogP contribution in [0.1, 0.15) is 46.2 Å². The number of anilines is 1. The number of aromatic nitrogens is 4. The van der Waals surface area contributed by atoms with Crippen LogP contribution in [0, 0.1) is 0 Å². The highest BCUT2D eigenvalue weighted by atomic mass is 35.5. The lowest BCUT2D eigenvalue weighted by molar-refractivity contribution is 0.0450. The third-order valence-electron chi connectivity index (χ3n) is 7.08. The molecule has 4 aromatic rings. The Kier molecular flexibility index (Phi) is 8.28. The fraction of sp³-hybridized carbons (Fsp3) is 0.355. The summed E-state index contributed by atoms with van der Waals surface area (Å²) >= 11 is 6.30. The summed E-state index contributed by atoms with van der Waals surface area (Å²) in [5.41, 5.74) is 9.77. The minimum absolute atomic E-state index is 0.0333. The normalized spacial score (nSPS) is 15.5. The maximum atomic E-state index is 12.4. The van der Waals surface area contributed by atoms with Gasteiger partial charge >= 0.3 is 6.09 Å². The number of ether oxygens (including phenoxy) is 1. The van der Waals surface area contributed by atoms with Crippen LogP contribution in [0.5, 0.6) is 0 Å². The molecule has 1 fully saturated rings. The van der Waals surface area contributed by atoms with Gasteiger partial charge in [-0.05, 0) is 76.4 Å². The van der Waals surface area contributed by atoms with E-state index in [1.807, 2.05) is 75.4 Å². The first kappa shape index (κ1) is 28.6. The van der Waals surface area contributed by atoms with Crippen LogP contribution in [0.3, 0.4) is 0 Å². The van der Waals surface area contributed by atoms with Gasteiger partial charge < -0.3 is 15.8 Å². The number of piperidine rings is 1. The number of imidazole rings is 1. The molecule has 3 N–H and O–H groups in total. The van der Waals surface area contributed by atoms with Crippen molar-refractivity contribution in [3.05, 3.63) is 72.4 Å². The van der Waals surface area contributed by atoms with Crippen LogP contribution in [-0.2, 0) is 4.74 Å². The number of hydrogen-bond donors (Lipinski definition) is 2. The van der Waals surface area contributed by atoms with Crippen molar-refractivity contribution in [2.45, 2.75) is 57.8 Å². The Bertz CT molecular complexity index is 1550. The highest BCUT2D eigenvalue weighted by molar-refractivity contribution is 6.30. The van der Waals surface area contributed by atoms with E-state index in [1.54, 1.807) is 6.20 Å². The quantitative estimate of drug-likeness (QED) is 0.244. The van der Waals surface area contributed by atoms with E-state index < -0.39 is 5.60 Å². The van der Waals surface area contributed by atoms with Crippen LogP contribution < -0.4 is 11.1 Å². The van der Waals surface area contributed by atoms with Crippen LogP contribution >= 0.6 is 11.6 Å². The molecule has 1 saturated heterocycles. The molecular formula is C31H36ClN7O2. The molecule has 41 heavy (non-hydrogen) atoms. The van der Waals surface area contributed by atoms with Crippen molar-refractivity contribution < 1.29 is 9.53 Å². The van der Waals surface area contributed by atoms with Crippen LogP contribution in [0.25, 0.3) is 33.8 Å². The average Bonchev–Trinajstić information content (AvgIpc) is 3.29. The number of amides is 1. The molecule has 3 aromatic heterocycles. The zero-order valence-corrected chi connectivity index (χ0v) is 24.4. The van der Waals surface area contributed by atoms with Gasteiger partial charge in [-0.25, -0.2) is 19.7 Å². The number of nitrogens with two attached hydrogens (primary N) is 1. The Balaban J connectivity index is 1.53. The number of fused-ring (bicyclic) bond motifs is 1. The van der Waals surface area contributed by atoms with Gasteiger partial charge in [-0.2, -0.15) is 0 Å². The number of pyridine rings is 2. The van der Waals surface area contributed by atoms with Gasteiger partial charge in [0.15, 0.2) is 5.65 Å². The summed E-state index contributed by atoms with van der Waals surface area (Å²) in [6.45, 7) is 11.2. The number of nitrogen functional groups attached to an aromatic ring is 1. The smallest absolute Gasteiger partial charge is 0.407 e. The van der Waals surface area contributed by atoms with Crippen LogP contribution in [0.15, 0.2) is 67.4 Å². The molecule has 1 amide bonds. The van der Waals surface area contributed by atoms with Crippen molar-refractivity contribution in [1.82, 2.24) is 29.7 Å². The second-order valence-electron chi connectivity index (χ2n) is 11.3. The van der Waals surface area contributed by atoms with Crippen molar-refractivity contribution in [3.8, 4) is 22.6 Å². The van der Waals surface area contributed by atoms with Crippen molar-refractivity contribution >= 4 is 34.7 Å². The maximum Gasteiger partial charge on any atom is 0.407 e. The van der Waals surface area contributed by atoms with E-state index in [9.17, 15) is 4.79 Å². The topological polar surface area (TPSA) is 111 Å². The lowest BCUT2D eigenvalue weighted by Gasteiger charge is -2.38. The molecule has 1 aliphatic rings. The number of rotatable bonds is 7. The Morgan fingerprint density at radius 3 is 2.66 bits per heavy atom. The van der Waals surface area contributed by atoms with E-state index in [4.69, 9.17) is 32.0 Å². The molecular weight excluding hydrogens is 538 g/mol. The summed E-state index contributed by atoms with van der Waals surface area (Å²) in [5, 5.41) is 3.68. The number of alkyl carbamates (subject to hydrolysis) is 1. The summed E-state index contributed by atoms with van der Waals surface area (Å²) < 4.78 is 7.62. The number of nitrogens with zero attached hydrogens (tertiary/aromatic N) is 5. The molecule has 1 unspecified atom stereocenters. The SMILES string of the molecule is C=CCC(N1CCC(NC(=O)OC(C)(C)C)CC1)n1c(-c2cccnc2N)nc2ccc(-c3cccc(Cl)c3)nc21. The van der Waals surface area contributed by atoms with E-state index in [2.05, 4.69) is 26.3 Å². The molecule has 214 valence electrons. The zero-order valence-electron chi connectivity index (χ0n) is 23.7. The van der Waals surface area contributed by atoms with Crippen LogP contribution in [0.2, 0.25) is 5.02 Å². The molecule has 4 heterocycles. The standard InChI is InChI=1S/C31H36ClN7O2/c1-5-8-26(38-17-14-22(15-18-38)35-30(40)41-31(2,3)4)39-28(23-11-7-16-34-27(23)33)37-25-13-12-24(36-29(25)39)20-9-6-10-21(32)19-20/h5-7,9-13,16,19,22,26H,1,8,14-15,17-18H2,2-4H3,(H2,33,34)(H,35,40). The second kappa shape index (κ2) is 11.9. The maximum absolute atomic E-state index is 12.4. The average molecular weight is 574 g/mol. The van der Waals surface area contributed by atoms with E-state index in [0.29, 0.717) is 23.1 Å². The highest BCUT2D eigenvalue weighted by Gasteiger charge is 2.31. The molecule has 0 spiro atoms. The largest absolute Gasteiger partial charge is 0.444 e. The molecule has 0 saturated carbocycles. The minimum atomic E-state index is -0.538. The van der Waals surface area contributed by atoms with Crippen molar-refractivity contribution in [2.24, 2.45) is 0 Å². The van der Waals surface area contributed by atoms with Gasteiger partial charge in [-0.1, -0.05) is 29.8 Å². The molecule has 1 aromatic carbocycles. The molecule has 10 heteroatoms. The fourth-order valence-electron chi connectivity index (χ4n) is 5.24. The van der Waals surface area contributed by atoms with Crippen LogP contribution in [0.4, 0.5) is 10.6 Å². The van der Waals surface area contributed by atoms with E-state index in [0.717, 1.165) is 53.9 Å². The summed E-state index contributed by atoms with van der Waals surface area (Å²) in [6.07, 6.45) is 5.30. The van der Waals surface area contributed by atoms with E-state index in [-0.39, 0.29) is 18.3 Å². The van der Waals surface area contributed by atoms with Gasteiger partial charge in [0, 0.05) is 35.9 Å². The molecule has 0 aliphatic carbocycles. The third kappa shape index (κ3) is 6.52. The minimum Gasteiger partial charge on any atom is -0.444 e. The molecule has 0 bridgehead atoms. The van der Waals surface area contributed by atoms with E-state index >= 15 is 0 Å². The second-order valence-corrected chi connectivity index (χ2v) is 11.7. The number of likely N-dealkylation sites (tertiary alicyclic amines) is 1. The first-order valence-electron chi connectivity index (χ1n) is 13.8. The number of benzene rings is 1. The Labute approximate surface area is 245 Å². The number of carbonyl (C=O) groups excluding carboxylic acids is 1. The molecule has 1 atom stereocenters. The lowest BCUT2D eigenvalue weighted by Crippen LogP contribution is -2.47. The predicted octanol–water partition coefficient (Wildman–Crippen LogP) is 6.46. The molecule has 0 radical (unpaired) electrons.